The number of amides is 1. The Morgan fingerprint density at radius 2 is 2.04 bits per heavy atom. The van der Waals surface area contributed by atoms with Crippen molar-refractivity contribution in [2.45, 2.75) is 31.7 Å². The highest BCUT2D eigenvalue weighted by atomic mass is 35.5. The lowest BCUT2D eigenvalue weighted by Gasteiger charge is -2.35. The van der Waals surface area contributed by atoms with Crippen LogP contribution < -0.4 is 5.32 Å². The van der Waals surface area contributed by atoms with Crippen molar-refractivity contribution in [3.05, 3.63) is 53.7 Å². The van der Waals surface area contributed by atoms with Gasteiger partial charge < -0.3 is 5.32 Å². The van der Waals surface area contributed by atoms with Crippen LogP contribution in [0.2, 0.25) is 5.02 Å². The monoisotopic (exact) mass is 368 g/mol. The fraction of sp³-hybridized carbons (Fsp3) is 0.278. The number of carbonyl (C=O) groups is 1. The Bertz CT molecular complexity index is 936. The normalized spacial score (nSPS) is 19.0. The van der Waals surface area contributed by atoms with E-state index < -0.39 is 0 Å². The molecule has 1 aromatic carbocycles. The summed E-state index contributed by atoms with van der Waals surface area (Å²) >= 11 is 6.44. The summed E-state index contributed by atoms with van der Waals surface area (Å²) in [4.78, 5) is 19.5. The Hall–Kier alpha value is -2.80. The molecule has 4 rings (SSSR count). The van der Waals surface area contributed by atoms with Gasteiger partial charge in [0, 0.05) is 25.1 Å². The Morgan fingerprint density at radius 3 is 2.73 bits per heavy atom. The van der Waals surface area contributed by atoms with Crippen molar-refractivity contribution in [3.63, 3.8) is 0 Å². The molecular formula is C18H17ClN6O. The van der Waals surface area contributed by atoms with Crippen molar-refractivity contribution in [1.82, 2.24) is 30.0 Å². The molecule has 132 valence electrons. The number of nitrogens with one attached hydrogen (secondary N) is 1. The van der Waals surface area contributed by atoms with E-state index in [0.717, 1.165) is 24.4 Å². The minimum atomic E-state index is -0.0114. The average molecular weight is 369 g/mol. The molecule has 1 aliphatic carbocycles. The summed E-state index contributed by atoms with van der Waals surface area (Å²) in [5.74, 6) is 1.64. The second kappa shape index (κ2) is 6.84. The maximum atomic E-state index is 11.2. The first-order chi connectivity index (χ1) is 12.6. The van der Waals surface area contributed by atoms with Crippen molar-refractivity contribution in [3.8, 4) is 17.2 Å². The van der Waals surface area contributed by atoms with E-state index in [1.807, 2.05) is 28.8 Å². The quantitative estimate of drug-likeness (QED) is 0.765. The van der Waals surface area contributed by atoms with Crippen LogP contribution in [0.4, 0.5) is 0 Å². The van der Waals surface area contributed by atoms with E-state index in [-0.39, 0.29) is 17.9 Å². The molecular weight excluding hydrogens is 352 g/mol. The maximum absolute atomic E-state index is 11.2. The predicted molar refractivity (Wildman–Crippen MR) is 97.0 cm³/mol. The summed E-state index contributed by atoms with van der Waals surface area (Å²) in [6.07, 6.45) is 4.80. The Balaban J connectivity index is 1.75. The first-order valence-corrected chi connectivity index (χ1v) is 8.75. The molecule has 0 unspecified atom stereocenters. The lowest BCUT2D eigenvalue weighted by molar-refractivity contribution is -0.120. The molecule has 0 bridgehead atoms. The second-order valence-corrected chi connectivity index (χ2v) is 6.74. The number of halogens is 1. The van der Waals surface area contributed by atoms with Crippen LogP contribution in [0.3, 0.4) is 0 Å². The van der Waals surface area contributed by atoms with Gasteiger partial charge >= 0.3 is 0 Å². The molecule has 2 aromatic heterocycles. The smallest absolute Gasteiger partial charge is 0.217 e. The van der Waals surface area contributed by atoms with Gasteiger partial charge in [-0.3, -0.25) is 9.36 Å². The maximum Gasteiger partial charge on any atom is 0.217 e. The van der Waals surface area contributed by atoms with Crippen LogP contribution in [0.15, 0.2) is 42.9 Å². The third-order valence-corrected chi connectivity index (χ3v) is 4.82. The van der Waals surface area contributed by atoms with Gasteiger partial charge in [0.2, 0.25) is 5.91 Å². The lowest BCUT2D eigenvalue weighted by atomic mass is 9.79. The van der Waals surface area contributed by atoms with Gasteiger partial charge in [-0.2, -0.15) is 0 Å². The van der Waals surface area contributed by atoms with Crippen LogP contribution in [-0.4, -0.2) is 36.7 Å². The van der Waals surface area contributed by atoms with Gasteiger partial charge in [-0.15, -0.1) is 10.2 Å². The Morgan fingerprint density at radius 1 is 1.23 bits per heavy atom. The zero-order chi connectivity index (χ0) is 18.1. The summed E-state index contributed by atoms with van der Waals surface area (Å²) in [6.45, 7) is 1.53. The zero-order valence-electron chi connectivity index (χ0n) is 14.1. The van der Waals surface area contributed by atoms with Gasteiger partial charge in [0.05, 0.1) is 10.7 Å². The number of para-hydroxylation sites is 1. The molecule has 1 saturated carbocycles. The van der Waals surface area contributed by atoms with Crippen LogP contribution in [0, 0.1) is 0 Å². The molecule has 26 heavy (non-hydrogen) atoms. The van der Waals surface area contributed by atoms with E-state index in [0.29, 0.717) is 16.5 Å². The molecule has 0 radical (unpaired) electrons. The van der Waals surface area contributed by atoms with Gasteiger partial charge in [-0.25, -0.2) is 9.97 Å². The minimum Gasteiger partial charge on any atom is -0.354 e. The zero-order valence-corrected chi connectivity index (χ0v) is 14.9. The second-order valence-electron chi connectivity index (χ2n) is 6.33. The molecule has 0 saturated heterocycles. The first kappa shape index (κ1) is 16.7. The third kappa shape index (κ3) is 3.06. The summed E-state index contributed by atoms with van der Waals surface area (Å²) in [5, 5.41) is 12.4. The first-order valence-electron chi connectivity index (χ1n) is 8.37. The van der Waals surface area contributed by atoms with Gasteiger partial charge in [0.15, 0.2) is 5.82 Å². The molecule has 1 aliphatic rings. The number of carbonyl (C=O) groups excluding carboxylic acids is 1. The molecule has 1 fully saturated rings. The lowest BCUT2D eigenvalue weighted by Crippen LogP contribution is -2.43. The minimum absolute atomic E-state index is 0.0114. The molecule has 0 atom stereocenters. The largest absolute Gasteiger partial charge is 0.354 e. The van der Waals surface area contributed by atoms with Crippen molar-refractivity contribution < 1.29 is 4.79 Å². The van der Waals surface area contributed by atoms with Gasteiger partial charge in [-0.05, 0) is 31.0 Å². The molecule has 7 nitrogen and oxygen atoms in total. The Kier molecular flexibility index (Phi) is 4.38. The Labute approximate surface area is 155 Å². The molecule has 3 aromatic rings. The number of rotatable bonds is 4. The standard InChI is InChI=1S/C18H17ClN6O/c1-11(26)22-13-8-12(9-13)17-23-24-18(15-6-7-20-10-21-15)25(17)16-5-3-2-4-14(16)19/h2-7,10,12-13H,8-9H2,1H3,(H,22,26). The molecule has 1 amide bonds. The highest BCUT2D eigenvalue weighted by Crippen LogP contribution is 2.39. The van der Waals surface area contributed by atoms with E-state index >= 15 is 0 Å². The van der Waals surface area contributed by atoms with E-state index in [1.54, 1.807) is 12.3 Å². The van der Waals surface area contributed by atoms with Crippen LogP contribution in [0.5, 0.6) is 0 Å². The third-order valence-electron chi connectivity index (χ3n) is 4.50. The number of hydrogen-bond donors (Lipinski definition) is 1. The number of benzene rings is 1. The SMILES string of the molecule is CC(=O)NC1CC(c2nnc(-c3ccncn3)n2-c2ccccc2Cl)C1. The van der Waals surface area contributed by atoms with Crippen LogP contribution in [0.25, 0.3) is 17.2 Å². The number of hydrogen-bond acceptors (Lipinski definition) is 5. The van der Waals surface area contributed by atoms with E-state index in [1.165, 1.54) is 13.3 Å². The average Bonchev–Trinajstić information content (AvgIpc) is 3.03. The summed E-state index contributed by atoms with van der Waals surface area (Å²) in [7, 11) is 0. The van der Waals surface area contributed by atoms with E-state index in [4.69, 9.17) is 11.6 Å². The van der Waals surface area contributed by atoms with Crippen LogP contribution in [-0.2, 0) is 4.79 Å². The van der Waals surface area contributed by atoms with Crippen LogP contribution >= 0.6 is 11.6 Å². The predicted octanol–water partition coefficient (Wildman–Crippen LogP) is 2.76. The van der Waals surface area contributed by atoms with Crippen molar-refractivity contribution in [2.24, 2.45) is 0 Å². The van der Waals surface area contributed by atoms with Crippen LogP contribution in [0.1, 0.15) is 31.5 Å². The summed E-state index contributed by atoms with van der Waals surface area (Å²) in [6, 6.07) is 9.56. The molecule has 2 heterocycles. The topological polar surface area (TPSA) is 85.6 Å². The molecule has 0 spiro atoms. The highest BCUT2D eigenvalue weighted by Gasteiger charge is 2.35. The van der Waals surface area contributed by atoms with Crippen molar-refractivity contribution in [1.29, 1.82) is 0 Å². The van der Waals surface area contributed by atoms with Gasteiger partial charge in [0.1, 0.15) is 17.8 Å². The van der Waals surface area contributed by atoms with Gasteiger partial charge in [-0.1, -0.05) is 23.7 Å². The molecule has 1 N–H and O–H groups in total. The number of aromatic nitrogens is 5. The van der Waals surface area contributed by atoms with Crippen molar-refractivity contribution in [2.75, 3.05) is 0 Å². The summed E-state index contributed by atoms with van der Waals surface area (Å²) in [5.41, 5.74) is 1.49. The van der Waals surface area contributed by atoms with Gasteiger partial charge in [0.25, 0.3) is 0 Å². The van der Waals surface area contributed by atoms with E-state index in [2.05, 4.69) is 25.5 Å². The van der Waals surface area contributed by atoms with Crippen molar-refractivity contribution >= 4 is 17.5 Å². The fourth-order valence-electron chi connectivity index (χ4n) is 3.25. The fourth-order valence-corrected chi connectivity index (χ4v) is 3.47. The number of nitrogens with zero attached hydrogens (tertiary/aromatic N) is 5. The highest BCUT2D eigenvalue weighted by molar-refractivity contribution is 6.32. The molecule has 0 aliphatic heterocycles. The summed E-state index contributed by atoms with van der Waals surface area (Å²) < 4.78 is 1.96. The molecule has 8 heteroatoms. The van der Waals surface area contributed by atoms with E-state index in [9.17, 15) is 4.79 Å².